The SMILES string of the molecule is CS(=O)(=O)c1ccc(-c2ccccc2)cc1Nc1ncc(F)c(Nc2cc(-c3ccccc3)ccc2S(C)(=O)=O)n1. The fourth-order valence-electron chi connectivity index (χ4n) is 4.29. The highest BCUT2D eigenvalue weighted by Crippen LogP contribution is 2.33. The van der Waals surface area contributed by atoms with Gasteiger partial charge in [-0.2, -0.15) is 4.98 Å². The second-order valence-electron chi connectivity index (χ2n) is 9.34. The Morgan fingerprint density at radius 3 is 1.54 bits per heavy atom. The molecule has 0 spiro atoms. The Hall–Kier alpha value is -4.61. The molecule has 0 atom stereocenters. The molecular weight excluding hydrogens is 563 g/mol. The molecule has 4 aromatic carbocycles. The molecule has 0 fully saturated rings. The van der Waals surface area contributed by atoms with Crippen molar-refractivity contribution in [2.24, 2.45) is 0 Å². The Balaban J connectivity index is 1.55. The molecule has 5 rings (SSSR count). The summed E-state index contributed by atoms with van der Waals surface area (Å²) in [5.41, 5.74) is 3.49. The van der Waals surface area contributed by atoms with Crippen molar-refractivity contribution in [3.05, 3.63) is 109 Å². The van der Waals surface area contributed by atoms with Gasteiger partial charge in [0.2, 0.25) is 5.95 Å². The number of nitrogens with zero attached hydrogens (tertiary/aromatic N) is 2. The lowest BCUT2D eigenvalue weighted by atomic mass is 10.1. The zero-order valence-corrected chi connectivity index (χ0v) is 23.7. The predicted octanol–water partition coefficient (Wildman–Crippen LogP) is 6.24. The predicted molar refractivity (Wildman–Crippen MR) is 159 cm³/mol. The summed E-state index contributed by atoms with van der Waals surface area (Å²) in [6, 6.07) is 28.2. The van der Waals surface area contributed by atoms with E-state index in [9.17, 15) is 21.2 Å². The first-order valence-electron chi connectivity index (χ1n) is 12.3. The first kappa shape index (κ1) is 27.9. The van der Waals surface area contributed by atoms with Crippen LogP contribution in [0.4, 0.5) is 27.5 Å². The Kier molecular flexibility index (Phi) is 7.57. The molecule has 0 radical (unpaired) electrons. The van der Waals surface area contributed by atoms with Gasteiger partial charge in [-0.25, -0.2) is 26.2 Å². The number of aromatic nitrogens is 2. The van der Waals surface area contributed by atoms with Gasteiger partial charge >= 0.3 is 0 Å². The topological polar surface area (TPSA) is 118 Å². The molecule has 41 heavy (non-hydrogen) atoms. The Labute approximate surface area is 237 Å². The van der Waals surface area contributed by atoms with E-state index in [-0.39, 0.29) is 32.9 Å². The lowest BCUT2D eigenvalue weighted by Gasteiger charge is -2.15. The van der Waals surface area contributed by atoms with Crippen LogP contribution in [0.3, 0.4) is 0 Å². The summed E-state index contributed by atoms with van der Waals surface area (Å²) in [6.07, 6.45) is 3.06. The number of halogens is 1. The Bertz CT molecular complexity index is 1950. The molecule has 0 saturated heterocycles. The van der Waals surface area contributed by atoms with Gasteiger partial charge in [0.25, 0.3) is 0 Å². The standard InChI is InChI=1S/C30H25FN4O4S2/c1-40(36,37)27-15-13-22(20-9-5-3-6-10-20)17-25(27)33-29-24(31)19-32-30(35-29)34-26-18-23(21-11-7-4-8-12-21)14-16-28(26)41(2,38)39/h3-19H,1-2H3,(H2,32,33,34,35). The summed E-state index contributed by atoms with van der Waals surface area (Å²) >= 11 is 0. The molecule has 1 aromatic heterocycles. The molecule has 0 aliphatic rings. The third kappa shape index (κ3) is 6.42. The van der Waals surface area contributed by atoms with Crippen molar-refractivity contribution in [3.8, 4) is 22.3 Å². The number of nitrogens with one attached hydrogen (secondary N) is 2. The first-order chi connectivity index (χ1) is 19.5. The molecule has 0 unspecified atom stereocenters. The average molecular weight is 589 g/mol. The first-order valence-corrected chi connectivity index (χ1v) is 16.1. The van der Waals surface area contributed by atoms with E-state index >= 15 is 0 Å². The van der Waals surface area contributed by atoms with Crippen LogP contribution in [-0.4, -0.2) is 39.3 Å². The van der Waals surface area contributed by atoms with E-state index in [2.05, 4.69) is 20.6 Å². The summed E-state index contributed by atoms with van der Waals surface area (Å²) < 4.78 is 65.0. The van der Waals surface area contributed by atoms with E-state index in [4.69, 9.17) is 0 Å². The molecule has 5 aromatic rings. The van der Waals surface area contributed by atoms with Crippen molar-refractivity contribution >= 4 is 42.8 Å². The zero-order valence-electron chi connectivity index (χ0n) is 22.0. The van der Waals surface area contributed by atoms with Crippen LogP contribution in [0.15, 0.2) is 113 Å². The van der Waals surface area contributed by atoms with Gasteiger partial charge in [-0.05, 0) is 46.5 Å². The van der Waals surface area contributed by atoms with Gasteiger partial charge in [0, 0.05) is 12.5 Å². The summed E-state index contributed by atoms with van der Waals surface area (Å²) in [5, 5.41) is 5.70. The fourth-order valence-corrected chi connectivity index (χ4v) is 5.93. The number of sulfone groups is 2. The minimum absolute atomic E-state index is 0.00883. The van der Waals surface area contributed by atoms with Crippen LogP contribution in [0, 0.1) is 5.82 Å². The van der Waals surface area contributed by atoms with E-state index in [1.807, 2.05) is 60.7 Å². The largest absolute Gasteiger partial charge is 0.337 e. The Morgan fingerprint density at radius 2 is 1.07 bits per heavy atom. The molecule has 0 saturated carbocycles. The summed E-state index contributed by atoms with van der Waals surface area (Å²) in [6.45, 7) is 0. The van der Waals surface area contributed by atoms with E-state index < -0.39 is 25.5 Å². The van der Waals surface area contributed by atoms with Crippen LogP contribution < -0.4 is 10.6 Å². The number of anilines is 4. The highest BCUT2D eigenvalue weighted by molar-refractivity contribution is 7.91. The quantitative estimate of drug-likeness (QED) is 0.219. The van der Waals surface area contributed by atoms with Crippen LogP contribution >= 0.6 is 0 Å². The van der Waals surface area contributed by atoms with Crippen molar-refractivity contribution in [2.45, 2.75) is 9.79 Å². The highest BCUT2D eigenvalue weighted by Gasteiger charge is 2.19. The van der Waals surface area contributed by atoms with Gasteiger partial charge in [0.05, 0.1) is 27.4 Å². The molecule has 8 nitrogen and oxygen atoms in total. The second kappa shape index (κ2) is 11.1. The van der Waals surface area contributed by atoms with Crippen molar-refractivity contribution in [3.63, 3.8) is 0 Å². The van der Waals surface area contributed by atoms with Gasteiger partial charge < -0.3 is 10.6 Å². The average Bonchev–Trinajstić information content (AvgIpc) is 2.94. The highest BCUT2D eigenvalue weighted by atomic mass is 32.2. The lowest BCUT2D eigenvalue weighted by molar-refractivity contribution is 0.600. The third-order valence-electron chi connectivity index (χ3n) is 6.22. The molecule has 0 bridgehead atoms. The van der Waals surface area contributed by atoms with Crippen LogP contribution in [0.5, 0.6) is 0 Å². The number of rotatable bonds is 8. The lowest BCUT2D eigenvalue weighted by Crippen LogP contribution is -2.08. The summed E-state index contributed by atoms with van der Waals surface area (Å²) in [5.74, 6) is -1.22. The van der Waals surface area contributed by atoms with E-state index in [0.717, 1.165) is 35.4 Å². The monoisotopic (exact) mass is 588 g/mol. The van der Waals surface area contributed by atoms with Crippen LogP contribution in [0.2, 0.25) is 0 Å². The van der Waals surface area contributed by atoms with Crippen LogP contribution in [-0.2, 0) is 19.7 Å². The van der Waals surface area contributed by atoms with Crippen LogP contribution in [0.1, 0.15) is 0 Å². The van der Waals surface area contributed by atoms with Crippen molar-refractivity contribution in [2.75, 3.05) is 23.1 Å². The fraction of sp³-hybridized carbons (Fsp3) is 0.0667. The summed E-state index contributed by atoms with van der Waals surface area (Å²) in [4.78, 5) is 8.17. The summed E-state index contributed by atoms with van der Waals surface area (Å²) in [7, 11) is -7.33. The molecule has 208 valence electrons. The maximum absolute atomic E-state index is 14.9. The van der Waals surface area contributed by atoms with E-state index in [1.165, 1.54) is 12.1 Å². The van der Waals surface area contributed by atoms with Crippen molar-refractivity contribution in [1.82, 2.24) is 9.97 Å². The van der Waals surface area contributed by atoms with Gasteiger partial charge in [-0.15, -0.1) is 0 Å². The minimum Gasteiger partial charge on any atom is -0.337 e. The number of hydrogen-bond donors (Lipinski definition) is 2. The second-order valence-corrected chi connectivity index (χ2v) is 13.3. The molecule has 0 aliphatic heterocycles. The molecule has 1 heterocycles. The molecule has 11 heteroatoms. The van der Waals surface area contributed by atoms with E-state index in [0.29, 0.717) is 5.56 Å². The van der Waals surface area contributed by atoms with Crippen LogP contribution in [0.25, 0.3) is 22.3 Å². The van der Waals surface area contributed by atoms with E-state index in [1.54, 1.807) is 24.3 Å². The van der Waals surface area contributed by atoms with Crippen molar-refractivity contribution < 1.29 is 21.2 Å². The van der Waals surface area contributed by atoms with Crippen molar-refractivity contribution in [1.29, 1.82) is 0 Å². The maximum atomic E-state index is 14.9. The minimum atomic E-state index is -3.69. The van der Waals surface area contributed by atoms with Gasteiger partial charge in [-0.3, -0.25) is 0 Å². The molecular formula is C30H25FN4O4S2. The van der Waals surface area contributed by atoms with Gasteiger partial charge in [0.1, 0.15) is 0 Å². The number of hydrogen-bond acceptors (Lipinski definition) is 8. The smallest absolute Gasteiger partial charge is 0.229 e. The third-order valence-corrected chi connectivity index (χ3v) is 8.53. The molecule has 0 amide bonds. The van der Waals surface area contributed by atoms with Gasteiger partial charge in [-0.1, -0.05) is 72.8 Å². The maximum Gasteiger partial charge on any atom is 0.229 e. The Morgan fingerprint density at radius 1 is 0.610 bits per heavy atom. The number of benzene rings is 4. The zero-order chi connectivity index (χ0) is 29.2. The molecule has 0 aliphatic carbocycles. The normalized spacial score (nSPS) is 11.7. The van der Waals surface area contributed by atoms with Gasteiger partial charge in [0.15, 0.2) is 31.3 Å². The molecule has 2 N–H and O–H groups in total.